The van der Waals surface area contributed by atoms with Gasteiger partial charge in [-0.1, -0.05) is 23.4 Å². The number of nitrogens with one attached hydrogen (secondary N) is 1. The van der Waals surface area contributed by atoms with Crippen molar-refractivity contribution in [1.29, 1.82) is 0 Å². The molecular formula is C31H28N4O9. The molecule has 1 heterocycles. The summed E-state index contributed by atoms with van der Waals surface area (Å²) >= 11 is 0. The van der Waals surface area contributed by atoms with E-state index in [1.165, 1.54) is 37.3 Å². The van der Waals surface area contributed by atoms with E-state index in [1.807, 2.05) is 0 Å². The monoisotopic (exact) mass is 600 g/mol. The van der Waals surface area contributed by atoms with E-state index >= 15 is 0 Å². The normalized spacial score (nSPS) is 24.6. The Labute approximate surface area is 249 Å². The number of hydrogen-bond donors (Lipinski definition) is 6. The molecule has 1 saturated carbocycles. The number of hydrogen-bond acceptors (Lipinski definition) is 11. The summed E-state index contributed by atoms with van der Waals surface area (Å²) in [7, 11) is 3.08. The van der Waals surface area contributed by atoms with E-state index in [0.717, 1.165) is 0 Å². The maximum atomic E-state index is 14.0. The number of anilines is 1. The molecule has 0 saturated heterocycles. The van der Waals surface area contributed by atoms with Crippen LogP contribution in [0, 0.1) is 11.8 Å². The molecule has 2 aromatic carbocycles. The lowest BCUT2D eigenvalue weighted by molar-refractivity contribution is -0.153. The van der Waals surface area contributed by atoms with Crippen molar-refractivity contribution in [2.45, 2.75) is 24.5 Å². The molecule has 0 spiro atoms. The Bertz CT molecular complexity index is 1820. The van der Waals surface area contributed by atoms with E-state index < -0.39 is 64.0 Å². The summed E-state index contributed by atoms with van der Waals surface area (Å²) in [6, 6.07) is 10.1. The number of primary amides is 1. The number of benzene rings is 2. The molecular weight excluding hydrogens is 572 g/mol. The molecule has 2 amide bonds. The summed E-state index contributed by atoms with van der Waals surface area (Å²) in [6.07, 6.45) is 1.43. The van der Waals surface area contributed by atoms with Gasteiger partial charge < -0.3 is 36.0 Å². The quantitative estimate of drug-likeness (QED) is 0.232. The summed E-state index contributed by atoms with van der Waals surface area (Å²) in [5.41, 5.74) is 3.66. The lowest BCUT2D eigenvalue weighted by atomic mass is 9.57. The average Bonchev–Trinajstić information content (AvgIpc) is 3.50. The minimum absolute atomic E-state index is 0.0167. The molecule has 4 atom stereocenters. The fourth-order valence-corrected chi connectivity index (χ4v) is 6.80. The first-order valence-corrected chi connectivity index (χ1v) is 13.7. The molecule has 6 rings (SSSR count). The van der Waals surface area contributed by atoms with E-state index in [9.17, 15) is 39.6 Å². The van der Waals surface area contributed by atoms with E-state index in [2.05, 4.69) is 10.5 Å². The topological polar surface area (TPSA) is 217 Å². The number of phenols is 1. The summed E-state index contributed by atoms with van der Waals surface area (Å²) < 4.78 is 4.91. The fourth-order valence-electron chi connectivity index (χ4n) is 6.80. The van der Waals surface area contributed by atoms with Gasteiger partial charge in [-0.25, -0.2) is 0 Å². The number of aliphatic hydroxyl groups is 3. The Hall–Kier alpha value is -5.27. The van der Waals surface area contributed by atoms with E-state index in [-0.39, 0.29) is 35.5 Å². The number of rotatable bonds is 5. The largest absolute Gasteiger partial charge is 0.508 e. The molecule has 0 radical (unpaired) electrons. The van der Waals surface area contributed by atoms with Gasteiger partial charge in [0.05, 0.1) is 17.8 Å². The Kier molecular flexibility index (Phi) is 6.67. The zero-order chi connectivity index (χ0) is 31.7. The first-order valence-electron chi connectivity index (χ1n) is 13.7. The van der Waals surface area contributed by atoms with Crippen LogP contribution in [0.2, 0.25) is 0 Å². The Morgan fingerprint density at radius 1 is 1.11 bits per heavy atom. The van der Waals surface area contributed by atoms with Crippen molar-refractivity contribution in [3.05, 3.63) is 82.5 Å². The third kappa shape index (κ3) is 4.12. The number of fused-ring (bicyclic) bond motifs is 3. The number of likely N-dealkylation sites (N-methyl/N-ethyl adjacent to an activating group) is 1. The second-order valence-electron chi connectivity index (χ2n) is 11.4. The standard InChI is InChI=1S/C31H28N4O9/c1-35(2)24-18-12-14-11-17-16(13-4-3-5-15(10-13)34-30(42)20-8-9-33-44-20)6-7-19(36)22(17)25(37)21(14)27(39)31(18,43)28(40)23(26(24)38)29(32)41/h3-10,14,18,24,36-37,40,43H,11-12H2,1-2H3,(H2,32,41)(H,34,42)/t14-,18-,24+,31-/m0/s1. The highest BCUT2D eigenvalue weighted by Crippen LogP contribution is 2.53. The SMILES string of the molecule is CN(C)[C@H]1C(=O)C(C(N)=O)=C(O)[C@@]2(O)C(=O)C3=C(O)c4c(O)ccc(-c5cccc(NC(=O)c6ccno6)c5)c4C[C@H]3C[C@@H]12. The van der Waals surface area contributed by atoms with Crippen molar-refractivity contribution in [1.82, 2.24) is 10.1 Å². The lowest BCUT2D eigenvalue weighted by Gasteiger charge is -2.50. The first kappa shape index (κ1) is 28.8. The van der Waals surface area contributed by atoms with Crippen LogP contribution < -0.4 is 11.1 Å². The zero-order valence-corrected chi connectivity index (χ0v) is 23.6. The maximum Gasteiger partial charge on any atom is 0.294 e. The third-order valence-corrected chi connectivity index (χ3v) is 8.70. The van der Waals surface area contributed by atoms with Crippen LogP contribution >= 0.6 is 0 Å². The second kappa shape index (κ2) is 10.2. The average molecular weight is 601 g/mol. The van der Waals surface area contributed by atoms with Gasteiger partial charge >= 0.3 is 0 Å². The van der Waals surface area contributed by atoms with Crippen LogP contribution in [0.5, 0.6) is 5.75 Å². The van der Waals surface area contributed by atoms with Crippen LogP contribution in [0.3, 0.4) is 0 Å². The van der Waals surface area contributed by atoms with Gasteiger partial charge in [-0.05, 0) is 67.7 Å². The van der Waals surface area contributed by atoms with Crippen molar-refractivity contribution in [3.8, 4) is 16.9 Å². The zero-order valence-electron chi connectivity index (χ0n) is 23.6. The van der Waals surface area contributed by atoms with E-state index in [4.69, 9.17) is 10.3 Å². The van der Waals surface area contributed by atoms with Crippen LogP contribution in [-0.2, 0) is 20.8 Å². The molecule has 0 bridgehead atoms. The number of aromatic nitrogens is 1. The first-order chi connectivity index (χ1) is 20.9. The number of Topliss-reactive ketones (excluding diaryl/α,β-unsaturated/α-hetero) is 2. The molecule has 1 fully saturated rings. The number of nitrogens with two attached hydrogens (primary N) is 1. The van der Waals surface area contributed by atoms with Crippen LogP contribution in [0.1, 0.15) is 28.1 Å². The predicted octanol–water partition coefficient (Wildman–Crippen LogP) is 1.87. The smallest absolute Gasteiger partial charge is 0.294 e. The number of carbonyl (C=O) groups is 4. The van der Waals surface area contributed by atoms with Gasteiger partial charge in [0, 0.05) is 23.2 Å². The molecule has 3 aromatic rings. The van der Waals surface area contributed by atoms with E-state index in [0.29, 0.717) is 22.4 Å². The number of nitrogens with zero attached hydrogens (tertiary/aromatic N) is 2. The molecule has 13 heteroatoms. The van der Waals surface area contributed by atoms with Crippen molar-refractivity contribution < 1.29 is 44.1 Å². The van der Waals surface area contributed by atoms with E-state index in [1.54, 1.807) is 30.3 Å². The van der Waals surface area contributed by atoms with Gasteiger partial charge in [0.1, 0.15) is 22.8 Å². The highest BCUT2D eigenvalue weighted by molar-refractivity contribution is 6.24. The van der Waals surface area contributed by atoms with Gasteiger partial charge in [0.15, 0.2) is 11.4 Å². The summed E-state index contributed by atoms with van der Waals surface area (Å²) in [5, 5.41) is 51.4. The molecule has 226 valence electrons. The van der Waals surface area contributed by atoms with Crippen LogP contribution in [0.15, 0.2) is 70.1 Å². The van der Waals surface area contributed by atoms with Gasteiger partial charge in [-0.15, -0.1) is 0 Å². The minimum Gasteiger partial charge on any atom is -0.508 e. The lowest BCUT2D eigenvalue weighted by Crippen LogP contribution is -2.65. The minimum atomic E-state index is -2.71. The Balaban J connectivity index is 1.46. The van der Waals surface area contributed by atoms with Gasteiger partial charge in [0.2, 0.25) is 11.5 Å². The highest BCUT2D eigenvalue weighted by atomic mass is 16.5. The van der Waals surface area contributed by atoms with Crippen molar-refractivity contribution in [2.75, 3.05) is 19.4 Å². The van der Waals surface area contributed by atoms with Crippen molar-refractivity contribution in [3.63, 3.8) is 0 Å². The fraction of sp³-hybridized carbons (Fsp3) is 0.258. The molecule has 44 heavy (non-hydrogen) atoms. The Morgan fingerprint density at radius 3 is 2.52 bits per heavy atom. The summed E-state index contributed by atoms with van der Waals surface area (Å²) in [6.45, 7) is 0. The molecule has 3 aliphatic rings. The molecule has 3 aliphatic carbocycles. The molecule has 0 aliphatic heterocycles. The van der Waals surface area contributed by atoms with Crippen LogP contribution in [0.4, 0.5) is 5.69 Å². The third-order valence-electron chi connectivity index (χ3n) is 8.70. The van der Waals surface area contributed by atoms with Crippen LogP contribution in [-0.4, -0.2) is 79.6 Å². The number of ketones is 2. The number of phenolic OH excluding ortho intramolecular Hbond substituents is 1. The van der Waals surface area contributed by atoms with Crippen LogP contribution in [0.25, 0.3) is 16.9 Å². The summed E-state index contributed by atoms with van der Waals surface area (Å²) in [5.74, 6) is -7.67. The number of aliphatic hydroxyl groups excluding tert-OH is 2. The Morgan fingerprint density at radius 2 is 1.86 bits per heavy atom. The number of amides is 2. The highest BCUT2D eigenvalue weighted by Gasteiger charge is 2.64. The molecule has 1 aromatic heterocycles. The van der Waals surface area contributed by atoms with Gasteiger partial charge in [0.25, 0.3) is 11.8 Å². The number of aromatic hydroxyl groups is 1. The molecule has 13 nitrogen and oxygen atoms in total. The summed E-state index contributed by atoms with van der Waals surface area (Å²) in [4.78, 5) is 53.4. The van der Waals surface area contributed by atoms with Crippen molar-refractivity contribution in [2.24, 2.45) is 17.6 Å². The maximum absolute atomic E-state index is 14.0. The molecule has 7 N–H and O–H groups in total. The predicted molar refractivity (Wildman–Crippen MR) is 154 cm³/mol. The molecule has 0 unspecified atom stereocenters. The second-order valence-corrected chi connectivity index (χ2v) is 11.4. The van der Waals surface area contributed by atoms with Gasteiger partial charge in [-0.2, -0.15) is 0 Å². The van der Waals surface area contributed by atoms with Gasteiger partial charge in [-0.3, -0.25) is 24.1 Å². The van der Waals surface area contributed by atoms with Crippen molar-refractivity contribution >= 4 is 34.8 Å². The number of carbonyl (C=O) groups excluding carboxylic acids is 4.